The van der Waals surface area contributed by atoms with Crippen LogP contribution in [0.3, 0.4) is 0 Å². The van der Waals surface area contributed by atoms with Crippen molar-refractivity contribution in [2.24, 2.45) is 5.41 Å². The topological polar surface area (TPSA) is 86.7 Å². The minimum absolute atomic E-state index is 0.00845. The van der Waals surface area contributed by atoms with Crippen molar-refractivity contribution in [3.63, 3.8) is 0 Å². The van der Waals surface area contributed by atoms with E-state index in [9.17, 15) is 19.5 Å². The lowest BCUT2D eigenvalue weighted by Crippen LogP contribution is -2.41. The van der Waals surface area contributed by atoms with Gasteiger partial charge in [-0.15, -0.1) is 0 Å². The maximum absolute atomic E-state index is 12.5. The molecule has 6 nitrogen and oxygen atoms in total. The molecule has 0 aromatic heterocycles. The molecule has 0 bridgehead atoms. The molecule has 1 saturated carbocycles. The van der Waals surface area contributed by atoms with E-state index in [-0.39, 0.29) is 18.2 Å². The van der Waals surface area contributed by atoms with E-state index in [1.54, 1.807) is 24.3 Å². The summed E-state index contributed by atoms with van der Waals surface area (Å²) < 4.78 is 0. The van der Waals surface area contributed by atoms with E-state index in [0.29, 0.717) is 24.1 Å². The van der Waals surface area contributed by atoms with Crippen LogP contribution in [0.5, 0.6) is 0 Å². The maximum atomic E-state index is 12.5. The third-order valence-corrected chi connectivity index (χ3v) is 4.95. The maximum Gasteiger partial charge on any atom is 0.310 e. The normalized spacial score (nSPS) is 15.0. The smallest absolute Gasteiger partial charge is 0.310 e. The molecule has 2 amide bonds. The monoisotopic (exact) mass is 360 g/mol. The average molecular weight is 360 g/mol. The second-order valence-corrected chi connectivity index (χ2v) is 7.03. The van der Waals surface area contributed by atoms with E-state index in [1.165, 1.54) is 0 Å². The number of nitrogens with zero attached hydrogens (tertiary/aromatic N) is 1. The van der Waals surface area contributed by atoms with Gasteiger partial charge in [-0.25, -0.2) is 0 Å². The predicted molar refractivity (Wildman–Crippen MR) is 100 cm³/mol. The van der Waals surface area contributed by atoms with E-state index >= 15 is 0 Å². The number of carboxylic acid groups (broad SMARTS) is 1. The van der Waals surface area contributed by atoms with Crippen LogP contribution in [0.25, 0.3) is 0 Å². The van der Waals surface area contributed by atoms with Crippen molar-refractivity contribution in [3.8, 4) is 0 Å². The van der Waals surface area contributed by atoms with Crippen molar-refractivity contribution >= 4 is 23.5 Å². The molecule has 6 heteroatoms. The van der Waals surface area contributed by atoms with E-state index in [0.717, 1.165) is 32.4 Å². The fraction of sp³-hybridized carbons (Fsp3) is 0.550. The van der Waals surface area contributed by atoms with Gasteiger partial charge in [0.05, 0.1) is 5.41 Å². The molecule has 1 fully saturated rings. The highest BCUT2D eigenvalue weighted by atomic mass is 16.4. The second kappa shape index (κ2) is 8.83. The number of aliphatic carboxylic acids is 1. The second-order valence-electron chi connectivity index (χ2n) is 7.03. The molecule has 0 atom stereocenters. The first kappa shape index (κ1) is 19.9. The Morgan fingerprint density at radius 3 is 2.08 bits per heavy atom. The Morgan fingerprint density at radius 2 is 1.65 bits per heavy atom. The average Bonchev–Trinajstić information content (AvgIpc) is 2.57. The molecule has 142 valence electrons. The highest BCUT2D eigenvalue weighted by Crippen LogP contribution is 2.44. The van der Waals surface area contributed by atoms with Gasteiger partial charge in [-0.2, -0.15) is 0 Å². The third kappa shape index (κ3) is 4.62. The van der Waals surface area contributed by atoms with Gasteiger partial charge in [-0.3, -0.25) is 14.4 Å². The molecule has 0 heterocycles. The Labute approximate surface area is 154 Å². The molecule has 1 aliphatic rings. The van der Waals surface area contributed by atoms with Crippen LogP contribution in [0.15, 0.2) is 24.3 Å². The van der Waals surface area contributed by atoms with E-state index in [2.05, 4.69) is 5.32 Å². The highest BCUT2D eigenvalue weighted by Gasteiger charge is 2.45. The Balaban J connectivity index is 1.97. The Kier molecular flexibility index (Phi) is 6.77. The number of nitrogens with one attached hydrogen (secondary N) is 1. The lowest BCUT2D eigenvalue weighted by molar-refractivity contribution is -0.157. The molecule has 0 spiro atoms. The molecule has 1 aliphatic carbocycles. The van der Waals surface area contributed by atoms with E-state index < -0.39 is 11.4 Å². The van der Waals surface area contributed by atoms with Gasteiger partial charge in [0.25, 0.3) is 5.91 Å². The largest absolute Gasteiger partial charge is 0.481 e. The summed E-state index contributed by atoms with van der Waals surface area (Å²) in [6, 6.07) is 6.78. The van der Waals surface area contributed by atoms with E-state index in [1.807, 2.05) is 18.7 Å². The van der Waals surface area contributed by atoms with Crippen LogP contribution in [0.2, 0.25) is 0 Å². The molecule has 1 aromatic carbocycles. The predicted octanol–water partition coefficient (Wildman–Crippen LogP) is 3.53. The number of carbonyl (C=O) groups is 3. The first-order valence-corrected chi connectivity index (χ1v) is 9.34. The standard InChI is InChI=1S/C20H28N2O4/c1-3-12-22(13-4-2)18(24)15-6-8-16(9-7-15)21-17(23)14-20(19(25)26)10-5-11-20/h6-9H,3-5,10-14H2,1-2H3,(H,21,23)(H,25,26). The van der Waals surface area contributed by atoms with Gasteiger partial charge < -0.3 is 15.3 Å². The van der Waals surface area contributed by atoms with Crippen molar-refractivity contribution in [2.45, 2.75) is 52.4 Å². The lowest BCUT2D eigenvalue weighted by atomic mass is 9.66. The third-order valence-electron chi connectivity index (χ3n) is 4.95. The van der Waals surface area contributed by atoms with Gasteiger partial charge in [0, 0.05) is 30.8 Å². The summed E-state index contributed by atoms with van der Waals surface area (Å²) in [5, 5.41) is 12.1. The summed E-state index contributed by atoms with van der Waals surface area (Å²) >= 11 is 0. The van der Waals surface area contributed by atoms with Crippen LogP contribution < -0.4 is 5.32 Å². The molecule has 0 saturated heterocycles. The van der Waals surface area contributed by atoms with Crippen molar-refractivity contribution in [3.05, 3.63) is 29.8 Å². The van der Waals surface area contributed by atoms with Crippen molar-refractivity contribution in [2.75, 3.05) is 18.4 Å². The number of carboxylic acids is 1. The van der Waals surface area contributed by atoms with Gasteiger partial charge in [-0.05, 0) is 49.9 Å². The molecule has 1 aromatic rings. The van der Waals surface area contributed by atoms with Crippen LogP contribution >= 0.6 is 0 Å². The van der Waals surface area contributed by atoms with Crippen LogP contribution in [0, 0.1) is 5.41 Å². The molecular formula is C20H28N2O4. The molecule has 2 rings (SSSR count). The van der Waals surface area contributed by atoms with Crippen molar-refractivity contribution < 1.29 is 19.5 Å². The number of hydrogen-bond donors (Lipinski definition) is 2. The summed E-state index contributed by atoms with van der Waals surface area (Å²) in [4.78, 5) is 37.9. The lowest BCUT2D eigenvalue weighted by Gasteiger charge is -2.36. The number of benzene rings is 1. The fourth-order valence-electron chi connectivity index (χ4n) is 3.32. The summed E-state index contributed by atoms with van der Waals surface area (Å²) in [5.74, 6) is -1.21. The van der Waals surface area contributed by atoms with Gasteiger partial charge in [0.2, 0.25) is 5.91 Å². The first-order chi connectivity index (χ1) is 12.4. The Bertz CT molecular complexity index is 644. The highest BCUT2D eigenvalue weighted by molar-refractivity contribution is 5.97. The minimum Gasteiger partial charge on any atom is -0.481 e. The first-order valence-electron chi connectivity index (χ1n) is 9.34. The number of anilines is 1. The van der Waals surface area contributed by atoms with Gasteiger partial charge in [0.1, 0.15) is 0 Å². The summed E-state index contributed by atoms with van der Waals surface area (Å²) in [7, 11) is 0. The summed E-state index contributed by atoms with van der Waals surface area (Å²) in [6.07, 6.45) is 3.75. The van der Waals surface area contributed by atoms with E-state index in [4.69, 9.17) is 0 Å². The fourth-order valence-corrected chi connectivity index (χ4v) is 3.32. The Morgan fingerprint density at radius 1 is 1.08 bits per heavy atom. The van der Waals surface area contributed by atoms with Crippen LogP contribution in [-0.4, -0.2) is 40.9 Å². The van der Waals surface area contributed by atoms with Crippen LogP contribution in [0.1, 0.15) is 62.7 Å². The Hall–Kier alpha value is -2.37. The summed E-state index contributed by atoms with van der Waals surface area (Å²) in [5.41, 5.74) is 0.260. The quantitative estimate of drug-likeness (QED) is 0.705. The van der Waals surface area contributed by atoms with Gasteiger partial charge >= 0.3 is 5.97 Å². The molecule has 2 N–H and O–H groups in total. The van der Waals surface area contributed by atoms with Gasteiger partial charge in [-0.1, -0.05) is 20.3 Å². The number of amides is 2. The SMILES string of the molecule is CCCN(CCC)C(=O)c1ccc(NC(=O)CC2(C(=O)O)CCC2)cc1. The molecule has 0 aliphatic heterocycles. The number of rotatable bonds is 9. The zero-order valence-corrected chi connectivity index (χ0v) is 15.6. The zero-order valence-electron chi connectivity index (χ0n) is 15.6. The van der Waals surface area contributed by atoms with Crippen LogP contribution in [0.4, 0.5) is 5.69 Å². The summed E-state index contributed by atoms with van der Waals surface area (Å²) in [6.45, 7) is 5.53. The van der Waals surface area contributed by atoms with Crippen molar-refractivity contribution in [1.82, 2.24) is 4.90 Å². The van der Waals surface area contributed by atoms with Crippen molar-refractivity contribution in [1.29, 1.82) is 0 Å². The van der Waals surface area contributed by atoms with Gasteiger partial charge in [0.15, 0.2) is 0 Å². The molecule has 0 unspecified atom stereocenters. The number of carbonyl (C=O) groups excluding carboxylic acids is 2. The van der Waals surface area contributed by atoms with Crippen LogP contribution in [-0.2, 0) is 9.59 Å². The molecule has 26 heavy (non-hydrogen) atoms. The molecule has 0 radical (unpaired) electrons. The minimum atomic E-state index is -0.902. The molecular weight excluding hydrogens is 332 g/mol. The number of hydrogen-bond acceptors (Lipinski definition) is 3. The zero-order chi connectivity index (χ0) is 19.2.